The Morgan fingerprint density at radius 1 is 1.00 bits per heavy atom. The normalized spacial score (nSPS) is 11.2. The van der Waals surface area contributed by atoms with Gasteiger partial charge in [-0.05, 0) is 24.3 Å². The van der Waals surface area contributed by atoms with E-state index in [-0.39, 0.29) is 10.6 Å². The largest absolute Gasteiger partial charge is 0.321 e. The fourth-order valence-corrected chi connectivity index (χ4v) is 2.79. The molecule has 3 rings (SSSR count). The highest BCUT2D eigenvalue weighted by Crippen LogP contribution is 2.20. The van der Waals surface area contributed by atoms with Crippen molar-refractivity contribution in [1.29, 1.82) is 0 Å². The standard InChI is InChI=1S/C16H14N4O3S/c1-24(22,23)13-9-7-12(8-10-13)17-16(21)15-14(18-20-19-15)11-5-3-2-4-6-11/h2-10H,1H3,(H,17,21)(H,18,19,20). The van der Waals surface area contributed by atoms with Crippen molar-refractivity contribution in [2.45, 2.75) is 4.90 Å². The van der Waals surface area contributed by atoms with E-state index in [9.17, 15) is 13.2 Å². The van der Waals surface area contributed by atoms with E-state index in [1.54, 1.807) is 0 Å². The molecule has 0 saturated heterocycles. The summed E-state index contributed by atoms with van der Waals surface area (Å²) in [5, 5.41) is 13.0. The number of H-pyrrole nitrogens is 1. The molecule has 0 saturated carbocycles. The van der Waals surface area contributed by atoms with Gasteiger partial charge in [0, 0.05) is 17.5 Å². The second-order valence-corrected chi connectivity index (χ2v) is 7.15. The number of aromatic amines is 1. The van der Waals surface area contributed by atoms with Crippen LogP contribution in [0.3, 0.4) is 0 Å². The lowest BCUT2D eigenvalue weighted by Crippen LogP contribution is -2.13. The van der Waals surface area contributed by atoms with Crippen LogP contribution in [0.4, 0.5) is 5.69 Å². The molecule has 0 unspecified atom stereocenters. The van der Waals surface area contributed by atoms with Crippen LogP contribution in [0.1, 0.15) is 10.5 Å². The molecule has 0 aliphatic rings. The van der Waals surface area contributed by atoms with E-state index in [4.69, 9.17) is 0 Å². The number of nitrogens with zero attached hydrogens (tertiary/aromatic N) is 2. The van der Waals surface area contributed by atoms with Crippen LogP contribution in [0.2, 0.25) is 0 Å². The Kier molecular flexibility index (Phi) is 4.13. The number of rotatable bonds is 4. The van der Waals surface area contributed by atoms with Gasteiger partial charge in [0.25, 0.3) is 5.91 Å². The van der Waals surface area contributed by atoms with Crippen molar-refractivity contribution in [1.82, 2.24) is 15.4 Å². The van der Waals surface area contributed by atoms with Crippen LogP contribution in [0.15, 0.2) is 59.5 Å². The minimum atomic E-state index is -3.27. The van der Waals surface area contributed by atoms with Crippen molar-refractivity contribution in [3.63, 3.8) is 0 Å². The highest BCUT2D eigenvalue weighted by Gasteiger charge is 2.18. The lowest BCUT2D eigenvalue weighted by molar-refractivity contribution is 0.102. The molecule has 24 heavy (non-hydrogen) atoms. The smallest absolute Gasteiger partial charge is 0.278 e. The van der Waals surface area contributed by atoms with Crippen molar-refractivity contribution in [2.75, 3.05) is 11.6 Å². The van der Waals surface area contributed by atoms with Crippen LogP contribution in [-0.4, -0.2) is 36.0 Å². The Bertz CT molecular complexity index is 964. The number of hydrogen-bond acceptors (Lipinski definition) is 5. The molecule has 0 bridgehead atoms. The van der Waals surface area contributed by atoms with Crippen LogP contribution >= 0.6 is 0 Å². The zero-order chi connectivity index (χ0) is 17.2. The highest BCUT2D eigenvalue weighted by atomic mass is 32.2. The van der Waals surface area contributed by atoms with Crippen LogP contribution in [0.5, 0.6) is 0 Å². The summed E-state index contributed by atoms with van der Waals surface area (Å²) in [5.74, 6) is -0.435. The van der Waals surface area contributed by atoms with E-state index in [0.29, 0.717) is 11.4 Å². The Morgan fingerprint density at radius 3 is 2.29 bits per heavy atom. The maximum Gasteiger partial charge on any atom is 0.278 e. The molecule has 0 fully saturated rings. The Balaban J connectivity index is 1.83. The number of nitrogens with one attached hydrogen (secondary N) is 2. The van der Waals surface area contributed by atoms with E-state index >= 15 is 0 Å². The quantitative estimate of drug-likeness (QED) is 0.756. The molecule has 1 heterocycles. The van der Waals surface area contributed by atoms with Crippen molar-refractivity contribution in [3.8, 4) is 11.3 Å². The third-order valence-electron chi connectivity index (χ3n) is 3.35. The number of amides is 1. The fourth-order valence-electron chi connectivity index (χ4n) is 2.16. The first kappa shape index (κ1) is 15.9. The number of aromatic nitrogens is 3. The molecule has 7 nitrogen and oxygen atoms in total. The van der Waals surface area contributed by atoms with Crippen molar-refractivity contribution in [2.24, 2.45) is 0 Å². The fraction of sp³-hybridized carbons (Fsp3) is 0.0625. The van der Waals surface area contributed by atoms with Crippen LogP contribution < -0.4 is 5.32 Å². The van der Waals surface area contributed by atoms with Crippen LogP contribution in [0.25, 0.3) is 11.3 Å². The Morgan fingerprint density at radius 2 is 1.67 bits per heavy atom. The van der Waals surface area contributed by atoms with Crippen LogP contribution in [0, 0.1) is 0 Å². The van der Waals surface area contributed by atoms with Crippen molar-refractivity contribution in [3.05, 3.63) is 60.3 Å². The summed E-state index contributed by atoms with van der Waals surface area (Å²) in [5.41, 5.74) is 1.84. The van der Waals surface area contributed by atoms with Gasteiger partial charge in [-0.15, -0.1) is 0 Å². The number of benzene rings is 2. The summed E-state index contributed by atoms with van der Waals surface area (Å²) in [6.45, 7) is 0. The van der Waals surface area contributed by atoms with Crippen molar-refractivity contribution >= 4 is 21.4 Å². The van der Waals surface area contributed by atoms with E-state index in [0.717, 1.165) is 11.8 Å². The second-order valence-electron chi connectivity index (χ2n) is 5.14. The maximum absolute atomic E-state index is 12.4. The zero-order valence-electron chi connectivity index (χ0n) is 12.7. The number of anilines is 1. The predicted molar refractivity (Wildman–Crippen MR) is 89.3 cm³/mol. The monoisotopic (exact) mass is 342 g/mol. The number of carbonyl (C=O) groups is 1. The number of carbonyl (C=O) groups excluding carboxylic acids is 1. The van der Waals surface area contributed by atoms with Gasteiger partial charge in [-0.1, -0.05) is 30.3 Å². The first-order chi connectivity index (χ1) is 11.4. The first-order valence-corrected chi connectivity index (χ1v) is 8.92. The molecule has 8 heteroatoms. The van der Waals surface area contributed by atoms with Gasteiger partial charge in [0.1, 0.15) is 5.69 Å². The van der Waals surface area contributed by atoms with E-state index in [2.05, 4.69) is 20.7 Å². The SMILES string of the molecule is CS(=O)(=O)c1ccc(NC(=O)c2n[nH]nc2-c2ccccc2)cc1. The molecular weight excluding hydrogens is 328 g/mol. The molecule has 122 valence electrons. The summed E-state index contributed by atoms with van der Waals surface area (Å²) >= 11 is 0. The average Bonchev–Trinajstić information content (AvgIpc) is 3.05. The molecule has 2 aromatic carbocycles. The average molecular weight is 342 g/mol. The Hall–Kier alpha value is -3.00. The second kappa shape index (κ2) is 6.25. The van der Waals surface area contributed by atoms with Gasteiger partial charge >= 0.3 is 0 Å². The molecule has 1 amide bonds. The van der Waals surface area contributed by atoms with Crippen LogP contribution in [-0.2, 0) is 9.84 Å². The summed E-state index contributed by atoms with van der Waals surface area (Å²) in [6.07, 6.45) is 1.13. The minimum absolute atomic E-state index is 0.161. The van der Waals surface area contributed by atoms with Crippen molar-refractivity contribution < 1.29 is 13.2 Å². The lowest BCUT2D eigenvalue weighted by Gasteiger charge is -2.05. The third kappa shape index (κ3) is 3.33. The predicted octanol–water partition coefficient (Wildman–Crippen LogP) is 2.13. The minimum Gasteiger partial charge on any atom is -0.321 e. The summed E-state index contributed by atoms with van der Waals surface area (Å²) < 4.78 is 22.9. The Labute approximate surface area is 138 Å². The van der Waals surface area contributed by atoms with Gasteiger partial charge in [0.05, 0.1) is 4.90 Å². The molecule has 0 atom stereocenters. The molecule has 0 spiro atoms. The molecular formula is C16H14N4O3S. The van der Waals surface area contributed by atoms with Gasteiger partial charge < -0.3 is 5.32 Å². The van der Waals surface area contributed by atoms with Gasteiger partial charge in [-0.25, -0.2) is 8.42 Å². The highest BCUT2D eigenvalue weighted by molar-refractivity contribution is 7.90. The van der Waals surface area contributed by atoms with Gasteiger partial charge in [-0.2, -0.15) is 15.4 Å². The van der Waals surface area contributed by atoms with E-state index in [1.165, 1.54) is 24.3 Å². The summed E-state index contributed by atoms with van der Waals surface area (Å²) in [6, 6.07) is 15.1. The zero-order valence-corrected chi connectivity index (χ0v) is 13.5. The molecule has 0 aliphatic carbocycles. The molecule has 3 aromatic rings. The molecule has 0 radical (unpaired) electrons. The number of sulfone groups is 1. The van der Waals surface area contributed by atoms with Gasteiger partial charge in [0.2, 0.25) is 0 Å². The molecule has 1 aromatic heterocycles. The number of hydrogen-bond donors (Lipinski definition) is 2. The summed E-state index contributed by atoms with van der Waals surface area (Å²) in [7, 11) is -3.27. The maximum atomic E-state index is 12.4. The molecule has 0 aliphatic heterocycles. The van der Waals surface area contributed by atoms with Gasteiger partial charge in [0.15, 0.2) is 15.5 Å². The molecule has 2 N–H and O–H groups in total. The topological polar surface area (TPSA) is 105 Å². The lowest BCUT2D eigenvalue weighted by atomic mass is 10.1. The third-order valence-corrected chi connectivity index (χ3v) is 4.48. The van der Waals surface area contributed by atoms with E-state index in [1.807, 2.05) is 30.3 Å². The summed E-state index contributed by atoms with van der Waals surface area (Å²) in [4.78, 5) is 12.6. The van der Waals surface area contributed by atoms with E-state index < -0.39 is 15.7 Å². The first-order valence-electron chi connectivity index (χ1n) is 7.03. The van der Waals surface area contributed by atoms with Gasteiger partial charge in [-0.3, -0.25) is 4.79 Å².